The summed E-state index contributed by atoms with van der Waals surface area (Å²) in [6.07, 6.45) is 1.61. The standard InChI is InChI=1S/C13H18BrClN2O2S/c1-13(16-2)5-7-17(8-6-13)20(18,19)10-3-4-12(15)11(14)9-10/h3-4,9,16H,5-8H2,1-2H3. The molecule has 0 bridgehead atoms. The van der Waals surface area contributed by atoms with Gasteiger partial charge in [0.25, 0.3) is 0 Å². The smallest absolute Gasteiger partial charge is 0.243 e. The lowest BCUT2D eigenvalue weighted by Crippen LogP contribution is -2.51. The Morgan fingerprint density at radius 3 is 2.45 bits per heavy atom. The highest BCUT2D eigenvalue weighted by atomic mass is 79.9. The minimum atomic E-state index is -3.44. The number of benzene rings is 1. The number of sulfonamides is 1. The van der Waals surface area contributed by atoms with E-state index in [0.29, 0.717) is 22.6 Å². The van der Waals surface area contributed by atoms with E-state index in [4.69, 9.17) is 11.6 Å². The predicted molar refractivity (Wildman–Crippen MR) is 84.6 cm³/mol. The first-order valence-corrected chi connectivity index (χ1v) is 9.04. The molecular formula is C13H18BrClN2O2S. The van der Waals surface area contributed by atoms with Crippen molar-refractivity contribution >= 4 is 37.6 Å². The van der Waals surface area contributed by atoms with Gasteiger partial charge >= 0.3 is 0 Å². The average molecular weight is 382 g/mol. The Kier molecular flexibility index (Phi) is 4.81. The lowest BCUT2D eigenvalue weighted by Gasteiger charge is -2.38. The van der Waals surface area contributed by atoms with Crippen LogP contribution in [0.1, 0.15) is 19.8 Å². The van der Waals surface area contributed by atoms with E-state index < -0.39 is 10.0 Å². The third-order valence-electron chi connectivity index (χ3n) is 3.96. The Balaban J connectivity index is 2.22. The number of nitrogens with one attached hydrogen (secondary N) is 1. The van der Waals surface area contributed by atoms with Gasteiger partial charge in [0.05, 0.1) is 9.92 Å². The van der Waals surface area contributed by atoms with Crippen molar-refractivity contribution in [1.82, 2.24) is 9.62 Å². The fraction of sp³-hybridized carbons (Fsp3) is 0.538. The zero-order valence-corrected chi connectivity index (χ0v) is 14.6. The van der Waals surface area contributed by atoms with E-state index in [-0.39, 0.29) is 10.4 Å². The van der Waals surface area contributed by atoms with E-state index in [1.165, 1.54) is 0 Å². The summed E-state index contributed by atoms with van der Waals surface area (Å²) in [5.41, 5.74) is 0.0204. The van der Waals surface area contributed by atoms with Crippen LogP contribution in [-0.2, 0) is 10.0 Å². The number of halogens is 2. The van der Waals surface area contributed by atoms with Crippen molar-refractivity contribution < 1.29 is 8.42 Å². The Bertz CT molecular complexity index is 598. The highest BCUT2D eigenvalue weighted by Gasteiger charge is 2.34. The second-order valence-electron chi connectivity index (χ2n) is 5.29. The van der Waals surface area contributed by atoms with E-state index in [2.05, 4.69) is 28.2 Å². The molecule has 20 heavy (non-hydrogen) atoms. The molecule has 7 heteroatoms. The highest BCUT2D eigenvalue weighted by Crippen LogP contribution is 2.29. The van der Waals surface area contributed by atoms with E-state index in [0.717, 1.165) is 12.8 Å². The van der Waals surface area contributed by atoms with Gasteiger partial charge in [-0.05, 0) is 60.9 Å². The molecule has 0 amide bonds. The Morgan fingerprint density at radius 1 is 1.35 bits per heavy atom. The second kappa shape index (κ2) is 5.93. The molecule has 0 spiro atoms. The number of hydrogen-bond acceptors (Lipinski definition) is 3. The molecule has 0 aromatic heterocycles. The molecule has 1 fully saturated rings. The second-order valence-corrected chi connectivity index (χ2v) is 8.49. The summed E-state index contributed by atoms with van der Waals surface area (Å²) in [5, 5.41) is 3.77. The molecule has 1 aromatic carbocycles. The van der Waals surface area contributed by atoms with Gasteiger partial charge in [-0.1, -0.05) is 11.6 Å². The molecule has 1 aliphatic rings. The van der Waals surface area contributed by atoms with Crippen molar-refractivity contribution in [1.29, 1.82) is 0 Å². The number of nitrogens with zero attached hydrogens (tertiary/aromatic N) is 1. The molecule has 0 saturated carbocycles. The molecule has 1 aromatic rings. The Hall–Kier alpha value is -0.140. The average Bonchev–Trinajstić information content (AvgIpc) is 2.42. The van der Waals surface area contributed by atoms with Crippen LogP contribution in [0.2, 0.25) is 5.02 Å². The first kappa shape index (κ1) is 16.2. The quantitative estimate of drug-likeness (QED) is 0.876. The maximum Gasteiger partial charge on any atom is 0.243 e. The van der Waals surface area contributed by atoms with Gasteiger partial charge in [-0.2, -0.15) is 4.31 Å². The summed E-state index contributed by atoms with van der Waals surface area (Å²) in [6, 6.07) is 4.71. The van der Waals surface area contributed by atoms with Gasteiger partial charge in [-0.25, -0.2) is 8.42 Å². The lowest BCUT2D eigenvalue weighted by molar-refractivity contribution is 0.219. The van der Waals surface area contributed by atoms with Gasteiger partial charge in [0, 0.05) is 23.1 Å². The van der Waals surface area contributed by atoms with Crippen LogP contribution >= 0.6 is 27.5 Å². The van der Waals surface area contributed by atoms with Crippen molar-refractivity contribution in [3.05, 3.63) is 27.7 Å². The molecule has 0 radical (unpaired) electrons. The van der Waals surface area contributed by atoms with Crippen LogP contribution in [0.4, 0.5) is 0 Å². The molecule has 0 unspecified atom stereocenters. The molecule has 1 aliphatic heterocycles. The fourth-order valence-corrected chi connectivity index (χ4v) is 4.37. The van der Waals surface area contributed by atoms with Gasteiger partial charge in [-0.3, -0.25) is 0 Å². The molecule has 1 N–H and O–H groups in total. The molecule has 1 saturated heterocycles. The van der Waals surface area contributed by atoms with E-state index in [1.807, 2.05) is 7.05 Å². The fourth-order valence-electron chi connectivity index (χ4n) is 2.26. The van der Waals surface area contributed by atoms with Crippen molar-refractivity contribution in [3.8, 4) is 0 Å². The molecule has 4 nitrogen and oxygen atoms in total. The number of piperidine rings is 1. The zero-order chi connectivity index (χ0) is 15.0. The molecule has 0 aliphatic carbocycles. The van der Waals surface area contributed by atoms with Crippen LogP contribution in [-0.4, -0.2) is 38.4 Å². The van der Waals surface area contributed by atoms with Crippen LogP contribution in [0.25, 0.3) is 0 Å². The largest absolute Gasteiger partial charge is 0.314 e. The van der Waals surface area contributed by atoms with Crippen molar-refractivity contribution in [2.75, 3.05) is 20.1 Å². The maximum atomic E-state index is 12.6. The summed E-state index contributed by atoms with van der Waals surface area (Å²) >= 11 is 9.18. The monoisotopic (exact) mass is 380 g/mol. The molecule has 1 heterocycles. The van der Waals surface area contributed by atoms with Gasteiger partial charge in [0.2, 0.25) is 10.0 Å². The van der Waals surface area contributed by atoms with Crippen LogP contribution in [0, 0.1) is 0 Å². The van der Waals surface area contributed by atoms with Crippen molar-refractivity contribution in [2.24, 2.45) is 0 Å². The minimum absolute atomic E-state index is 0.0204. The summed E-state index contributed by atoms with van der Waals surface area (Å²) in [7, 11) is -1.53. The Morgan fingerprint density at radius 2 is 1.95 bits per heavy atom. The maximum absolute atomic E-state index is 12.6. The summed E-state index contributed by atoms with van der Waals surface area (Å²) in [4.78, 5) is 0.279. The summed E-state index contributed by atoms with van der Waals surface area (Å²) < 4.78 is 27.3. The van der Waals surface area contributed by atoms with E-state index in [1.54, 1.807) is 22.5 Å². The van der Waals surface area contributed by atoms with Gasteiger partial charge in [-0.15, -0.1) is 0 Å². The number of rotatable bonds is 3. The van der Waals surface area contributed by atoms with Crippen LogP contribution < -0.4 is 5.32 Å². The van der Waals surface area contributed by atoms with Crippen molar-refractivity contribution in [2.45, 2.75) is 30.2 Å². The molecule has 112 valence electrons. The van der Waals surface area contributed by atoms with Crippen LogP contribution in [0.3, 0.4) is 0 Å². The summed E-state index contributed by atoms with van der Waals surface area (Å²) in [5.74, 6) is 0. The van der Waals surface area contributed by atoms with Crippen LogP contribution in [0.15, 0.2) is 27.6 Å². The first-order valence-electron chi connectivity index (χ1n) is 6.43. The first-order chi connectivity index (χ1) is 9.28. The van der Waals surface area contributed by atoms with Gasteiger partial charge in [0.1, 0.15) is 0 Å². The molecule has 2 rings (SSSR count). The predicted octanol–water partition coefficient (Wildman–Crippen LogP) is 2.87. The third-order valence-corrected chi connectivity index (χ3v) is 7.07. The zero-order valence-electron chi connectivity index (χ0n) is 11.5. The highest BCUT2D eigenvalue weighted by molar-refractivity contribution is 9.10. The minimum Gasteiger partial charge on any atom is -0.314 e. The lowest BCUT2D eigenvalue weighted by atomic mass is 9.91. The van der Waals surface area contributed by atoms with Crippen LogP contribution in [0.5, 0.6) is 0 Å². The Labute approximate surface area is 133 Å². The SMILES string of the molecule is CNC1(C)CCN(S(=O)(=O)c2ccc(Cl)c(Br)c2)CC1. The normalized spacial score (nSPS) is 20.0. The number of hydrogen-bond donors (Lipinski definition) is 1. The van der Waals surface area contributed by atoms with Gasteiger partial charge in [0.15, 0.2) is 0 Å². The molecule has 0 atom stereocenters. The van der Waals surface area contributed by atoms with Crippen molar-refractivity contribution in [3.63, 3.8) is 0 Å². The summed E-state index contributed by atoms with van der Waals surface area (Å²) in [6.45, 7) is 3.18. The van der Waals surface area contributed by atoms with E-state index >= 15 is 0 Å². The third kappa shape index (κ3) is 3.20. The van der Waals surface area contributed by atoms with E-state index in [9.17, 15) is 8.42 Å². The molecular weight excluding hydrogens is 364 g/mol. The topological polar surface area (TPSA) is 49.4 Å². The van der Waals surface area contributed by atoms with Gasteiger partial charge < -0.3 is 5.32 Å².